The van der Waals surface area contributed by atoms with Gasteiger partial charge in [-0.3, -0.25) is 9.89 Å². The van der Waals surface area contributed by atoms with Gasteiger partial charge in [-0.25, -0.2) is 4.98 Å². The molecular formula is C17H24BrIN6. The summed E-state index contributed by atoms with van der Waals surface area (Å²) in [5.41, 5.74) is 1.95. The second-order valence-corrected chi connectivity index (χ2v) is 7.54. The second-order valence-electron chi connectivity index (χ2n) is 6.63. The molecule has 1 saturated heterocycles. The van der Waals surface area contributed by atoms with E-state index in [1.165, 1.54) is 25.8 Å². The van der Waals surface area contributed by atoms with Crippen LogP contribution in [0.2, 0.25) is 0 Å². The Balaban J connectivity index is 0.00000182. The Kier molecular flexibility index (Phi) is 6.21. The third kappa shape index (κ3) is 4.65. The largest absolute Gasteiger partial charge is 0.352 e. The monoisotopic (exact) mass is 518 g/mol. The van der Waals surface area contributed by atoms with Gasteiger partial charge in [0.05, 0.1) is 12.2 Å². The molecule has 2 aromatic rings. The Labute approximate surface area is 173 Å². The minimum atomic E-state index is 0. The average molecular weight is 519 g/mol. The molecule has 1 aliphatic heterocycles. The molecule has 3 heterocycles. The molecule has 0 spiro atoms. The van der Waals surface area contributed by atoms with Crippen molar-refractivity contribution in [3.05, 3.63) is 34.7 Å². The maximum atomic E-state index is 4.62. The van der Waals surface area contributed by atoms with E-state index in [0.29, 0.717) is 12.6 Å². The van der Waals surface area contributed by atoms with Crippen LogP contribution in [0.4, 0.5) is 0 Å². The van der Waals surface area contributed by atoms with Crippen LogP contribution < -0.4 is 10.6 Å². The molecule has 1 unspecified atom stereocenters. The molecule has 0 bridgehead atoms. The number of pyridine rings is 1. The van der Waals surface area contributed by atoms with Crippen molar-refractivity contribution in [1.82, 2.24) is 24.9 Å². The number of halogens is 2. The quantitative estimate of drug-likeness (QED) is 0.371. The van der Waals surface area contributed by atoms with Crippen molar-refractivity contribution < 1.29 is 0 Å². The third-order valence-electron chi connectivity index (χ3n) is 4.75. The van der Waals surface area contributed by atoms with Gasteiger partial charge in [-0.05, 0) is 47.3 Å². The summed E-state index contributed by atoms with van der Waals surface area (Å²) in [5, 5.41) is 6.93. The van der Waals surface area contributed by atoms with E-state index >= 15 is 0 Å². The fraction of sp³-hybridized carbons (Fsp3) is 0.529. The van der Waals surface area contributed by atoms with E-state index in [2.05, 4.69) is 41.4 Å². The Morgan fingerprint density at radius 3 is 2.92 bits per heavy atom. The Hall–Kier alpha value is -0.870. The zero-order valence-corrected chi connectivity index (χ0v) is 18.2. The van der Waals surface area contributed by atoms with Gasteiger partial charge in [-0.1, -0.05) is 0 Å². The molecule has 1 aliphatic carbocycles. The van der Waals surface area contributed by atoms with Crippen LogP contribution in [0.25, 0.3) is 5.65 Å². The maximum absolute atomic E-state index is 4.62. The van der Waals surface area contributed by atoms with Gasteiger partial charge in [-0.2, -0.15) is 0 Å². The summed E-state index contributed by atoms with van der Waals surface area (Å²) in [4.78, 5) is 11.6. The number of likely N-dealkylation sites (tertiary alicyclic amines) is 1. The van der Waals surface area contributed by atoms with E-state index in [4.69, 9.17) is 0 Å². The molecule has 4 rings (SSSR count). The molecule has 136 valence electrons. The van der Waals surface area contributed by atoms with E-state index in [0.717, 1.165) is 34.4 Å². The topological polar surface area (TPSA) is 57.0 Å². The number of aliphatic imine (C=N–C) groups is 1. The predicted molar refractivity (Wildman–Crippen MR) is 115 cm³/mol. The fourth-order valence-electron chi connectivity index (χ4n) is 3.34. The van der Waals surface area contributed by atoms with Crippen molar-refractivity contribution in [2.45, 2.75) is 37.9 Å². The molecule has 1 atom stereocenters. The highest BCUT2D eigenvalue weighted by Gasteiger charge is 2.34. The van der Waals surface area contributed by atoms with E-state index in [-0.39, 0.29) is 24.0 Å². The number of hydrogen-bond donors (Lipinski definition) is 2. The summed E-state index contributed by atoms with van der Waals surface area (Å²) in [7, 11) is 1.82. The highest BCUT2D eigenvalue weighted by atomic mass is 127. The number of nitrogens with zero attached hydrogens (tertiary/aromatic N) is 4. The van der Waals surface area contributed by atoms with Gasteiger partial charge in [-0.15, -0.1) is 24.0 Å². The van der Waals surface area contributed by atoms with Crippen molar-refractivity contribution >= 4 is 51.5 Å². The maximum Gasteiger partial charge on any atom is 0.191 e. The standard InChI is InChI=1S/C17H23BrN6.HI/c1-19-17(22-13-6-7-23(10-13)15-3-4-15)20-8-14-11-24-9-12(18)2-5-16(24)21-14;/h2,5,9,11,13,15H,3-4,6-8,10H2,1H3,(H2,19,20,22);1H. The van der Waals surface area contributed by atoms with E-state index in [1.54, 1.807) is 0 Å². The number of fused-ring (bicyclic) bond motifs is 1. The van der Waals surface area contributed by atoms with Crippen molar-refractivity contribution in [3.8, 4) is 0 Å². The summed E-state index contributed by atoms with van der Waals surface area (Å²) >= 11 is 3.49. The van der Waals surface area contributed by atoms with Gasteiger partial charge in [0.15, 0.2) is 5.96 Å². The first-order valence-electron chi connectivity index (χ1n) is 8.55. The van der Waals surface area contributed by atoms with Gasteiger partial charge in [0.25, 0.3) is 0 Å². The lowest BCUT2D eigenvalue weighted by atomic mass is 10.3. The molecule has 2 N–H and O–H groups in total. The molecule has 2 fully saturated rings. The van der Waals surface area contributed by atoms with E-state index < -0.39 is 0 Å². The number of nitrogens with one attached hydrogen (secondary N) is 2. The summed E-state index contributed by atoms with van der Waals surface area (Å²) < 4.78 is 3.08. The minimum absolute atomic E-state index is 0. The molecule has 0 aromatic carbocycles. The lowest BCUT2D eigenvalue weighted by Crippen LogP contribution is -2.44. The number of aromatic nitrogens is 2. The molecule has 2 aromatic heterocycles. The SMILES string of the molecule is CN=C(NCc1cn2cc(Br)ccc2n1)NC1CCN(C2CC2)C1.I. The third-order valence-corrected chi connectivity index (χ3v) is 5.22. The van der Waals surface area contributed by atoms with Crippen LogP contribution in [0.1, 0.15) is 25.0 Å². The lowest BCUT2D eigenvalue weighted by Gasteiger charge is -2.18. The van der Waals surface area contributed by atoms with Crippen molar-refractivity contribution in [2.24, 2.45) is 4.99 Å². The number of hydrogen-bond acceptors (Lipinski definition) is 3. The molecule has 6 nitrogen and oxygen atoms in total. The van der Waals surface area contributed by atoms with Crippen molar-refractivity contribution in [1.29, 1.82) is 0 Å². The first-order valence-corrected chi connectivity index (χ1v) is 9.35. The van der Waals surface area contributed by atoms with Gasteiger partial charge < -0.3 is 15.0 Å². The molecule has 0 radical (unpaired) electrons. The zero-order valence-electron chi connectivity index (χ0n) is 14.3. The Morgan fingerprint density at radius 2 is 2.16 bits per heavy atom. The number of imidazole rings is 1. The molecule has 8 heteroatoms. The average Bonchev–Trinajstić information content (AvgIpc) is 3.19. The Bertz CT molecular complexity index is 757. The van der Waals surface area contributed by atoms with Crippen LogP contribution in [0.3, 0.4) is 0 Å². The van der Waals surface area contributed by atoms with Gasteiger partial charge >= 0.3 is 0 Å². The summed E-state index contributed by atoms with van der Waals surface area (Å²) in [6, 6.07) is 5.36. The summed E-state index contributed by atoms with van der Waals surface area (Å²) in [6.45, 7) is 3.01. The molecule has 1 saturated carbocycles. The number of rotatable bonds is 4. The lowest BCUT2D eigenvalue weighted by molar-refractivity contribution is 0.321. The van der Waals surface area contributed by atoms with Gasteiger partial charge in [0.2, 0.25) is 0 Å². The van der Waals surface area contributed by atoms with Crippen LogP contribution in [0, 0.1) is 0 Å². The van der Waals surface area contributed by atoms with Crippen LogP contribution in [-0.2, 0) is 6.54 Å². The first-order chi connectivity index (χ1) is 11.7. The minimum Gasteiger partial charge on any atom is -0.352 e. The van der Waals surface area contributed by atoms with Crippen molar-refractivity contribution in [3.63, 3.8) is 0 Å². The number of guanidine groups is 1. The summed E-state index contributed by atoms with van der Waals surface area (Å²) in [5.74, 6) is 0.857. The molecule has 25 heavy (non-hydrogen) atoms. The zero-order chi connectivity index (χ0) is 16.5. The van der Waals surface area contributed by atoms with Crippen LogP contribution in [0.5, 0.6) is 0 Å². The van der Waals surface area contributed by atoms with Crippen LogP contribution in [0.15, 0.2) is 34.0 Å². The highest BCUT2D eigenvalue weighted by Crippen LogP contribution is 2.29. The normalized spacial score (nSPS) is 21.4. The van der Waals surface area contributed by atoms with Crippen molar-refractivity contribution in [2.75, 3.05) is 20.1 Å². The highest BCUT2D eigenvalue weighted by molar-refractivity contribution is 14.0. The summed E-state index contributed by atoms with van der Waals surface area (Å²) in [6.07, 6.45) is 8.02. The fourth-order valence-corrected chi connectivity index (χ4v) is 3.69. The van der Waals surface area contributed by atoms with Gasteiger partial charge in [0, 0.05) is 49.1 Å². The predicted octanol–water partition coefficient (Wildman–Crippen LogP) is 2.62. The van der Waals surface area contributed by atoms with E-state index in [9.17, 15) is 0 Å². The van der Waals surface area contributed by atoms with Crippen LogP contribution in [-0.4, -0.2) is 52.5 Å². The molecule has 2 aliphatic rings. The Morgan fingerprint density at radius 1 is 1.32 bits per heavy atom. The molecular weight excluding hydrogens is 495 g/mol. The van der Waals surface area contributed by atoms with Crippen LogP contribution >= 0.6 is 39.9 Å². The smallest absolute Gasteiger partial charge is 0.191 e. The van der Waals surface area contributed by atoms with Gasteiger partial charge in [0.1, 0.15) is 5.65 Å². The van der Waals surface area contributed by atoms with E-state index in [1.807, 2.05) is 36.0 Å². The second kappa shape index (κ2) is 8.22. The first kappa shape index (κ1) is 18.9. The molecule has 0 amide bonds.